The molecule has 1 saturated heterocycles. The lowest BCUT2D eigenvalue weighted by atomic mass is 9.84. The fourth-order valence-corrected chi connectivity index (χ4v) is 6.70. The van der Waals surface area contributed by atoms with Crippen molar-refractivity contribution >= 4 is 87.4 Å². The molecule has 2 aliphatic carbocycles. The van der Waals surface area contributed by atoms with Gasteiger partial charge in [0.1, 0.15) is 9.75 Å². The quantitative estimate of drug-likeness (QED) is 0.461. The zero-order valence-electron chi connectivity index (χ0n) is 12.9. The van der Waals surface area contributed by atoms with E-state index < -0.39 is 43.7 Å². The standard InChI is InChI=1S/C16H7Cl6NO4/c17-9-10(18)15(20)8-7(14(9,19)16(15,21)22)11(24)23(12(8)25)27-13(26)6-4-2-1-3-5-6/h1-5,7-8H/t7-,8+,14-,15-/m0/s1. The average molecular weight is 490 g/mol. The number of halogens is 6. The van der Waals surface area contributed by atoms with Gasteiger partial charge in [-0.2, -0.15) is 0 Å². The van der Waals surface area contributed by atoms with Gasteiger partial charge < -0.3 is 4.84 Å². The Morgan fingerprint density at radius 1 is 0.889 bits per heavy atom. The summed E-state index contributed by atoms with van der Waals surface area (Å²) >= 11 is 38.1. The Labute approximate surface area is 183 Å². The number of rotatable bonds is 2. The van der Waals surface area contributed by atoms with E-state index in [1.54, 1.807) is 18.2 Å². The smallest absolute Gasteiger partial charge is 0.325 e. The number of hydroxylamine groups is 2. The Hall–Kier alpha value is -0.690. The first-order valence-corrected chi connectivity index (χ1v) is 9.75. The third-order valence-electron chi connectivity index (χ3n) is 5.05. The second kappa shape index (κ2) is 5.91. The number of benzene rings is 1. The number of allylic oxidation sites excluding steroid dienone is 2. The third-order valence-corrected chi connectivity index (χ3v) is 9.31. The Bertz CT molecular complexity index is 888. The highest BCUT2D eigenvalue weighted by Crippen LogP contribution is 2.77. The van der Waals surface area contributed by atoms with E-state index in [1.165, 1.54) is 12.1 Å². The van der Waals surface area contributed by atoms with Crippen molar-refractivity contribution in [1.29, 1.82) is 0 Å². The predicted octanol–water partition coefficient (Wildman–Crippen LogP) is 4.21. The molecule has 0 spiro atoms. The van der Waals surface area contributed by atoms with Gasteiger partial charge in [0.25, 0.3) is 11.8 Å². The number of hydrogen-bond donors (Lipinski definition) is 0. The minimum atomic E-state index is -2.03. The highest BCUT2D eigenvalue weighted by molar-refractivity contribution is 6.66. The molecule has 3 aliphatic rings. The van der Waals surface area contributed by atoms with Crippen LogP contribution >= 0.6 is 69.6 Å². The van der Waals surface area contributed by atoms with E-state index in [1.807, 2.05) is 0 Å². The van der Waals surface area contributed by atoms with Crippen LogP contribution in [0.25, 0.3) is 0 Å². The molecule has 5 nitrogen and oxygen atoms in total. The van der Waals surface area contributed by atoms with E-state index in [0.717, 1.165) is 0 Å². The Balaban J connectivity index is 1.74. The van der Waals surface area contributed by atoms with Crippen LogP contribution in [0, 0.1) is 11.8 Å². The molecule has 1 heterocycles. The van der Waals surface area contributed by atoms with E-state index in [-0.39, 0.29) is 15.6 Å². The molecule has 4 rings (SSSR count). The van der Waals surface area contributed by atoms with Gasteiger partial charge in [0, 0.05) is 0 Å². The Morgan fingerprint density at radius 3 is 1.78 bits per heavy atom. The molecule has 11 heteroatoms. The molecule has 142 valence electrons. The molecule has 4 atom stereocenters. The van der Waals surface area contributed by atoms with Crippen LogP contribution in [0.2, 0.25) is 0 Å². The van der Waals surface area contributed by atoms with Crippen molar-refractivity contribution in [2.75, 3.05) is 0 Å². The van der Waals surface area contributed by atoms with Crippen LogP contribution in [0.3, 0.4) is 0 Å². The highest BCUT2D eigenvalue weighted by Gasteiger charge is 2.88. The first-order chi connectivity index (χ1) is 12.5. The van der Waals surface area contributed by atoms with Crippen LogP contribution in [0.4, 0.5) is 0 Å². The highest BCUT2D eigenvalue weighted by atomic mass is 35.5. The topological polar surface area (TPSA) is 63.7 Å². The number of carbonyl (C=O) groups is 3. The summed E-state index contributed by atoms with van der Waals surface area (Å²) in [5.74, 6) is -5.47. The Kier molecular flexibility index (Phi) is 4.29. The first-order valence-electron chi connectivity index (χ1n) is 7.48. The van der Waals surface area contributed by atoms with Gasteiger partial charge in [-0.3, -0.25) is 9.59 Å². The molecule has 0 N–H and O–H groups in total. The molecule has 27 heavy (non-hydrogen) atoms. The number of amides is 2. The lowest BCUT2D eigenvalue weighted by molar-refractivity contribution is -0.175. The minimum Gasteiger partial charge on any atom is -0.325 e. The zero-order chi connectivity index (χ0) is 19.9. The van der Waals surface area contributed by atoms with Gasteiger partial charge >= 0.3 is 5.97 Å². The van der Waals surface area contributed by atoms with E-state index >= 15 is 0 Å². The molecular weight excluding hydrogens is 483 g/mol. The van der Waals surface area contributed by atoms with Crippen molar-refractivity contribution in [2.24, 2.45) is 11.8 Å². The molecule has 2 fully saturated rings. The number of hydrogen-bond acceptors (Lipinski definition) is 4. The van der Waals surface area contributed by atoms with Crippen molar-refractivity contribution < 1.29 is 19.2 Å². The van der Waals surface area contributed by atoms with E-state index in [2.05, 4.69) is 0 Å². The average Bonchev–Trinajstić information content (AvgIpc) is 3.01. The number of alkyl halides is 4. The Morgan fingerprint density at radius 2 is 1.33 bits per heavy atom. The van der Waals surface area contributed by atoms with Crippen molar-refractivity contribution in [2.45, 2.75) is 14.1 Å². The summed E-state index contributed by atoms with van der Waals surface area (Å²) in [6.07, 6.45) is 0. The molecule has 0 aromatic heterocycles. The van der Waals surface area contributed by atoms with Crippen molar-refractivity contribution in [3.63, 3.8) is 0 Å². The van der Waals surface area contributed by atoms with E-state index in [4.69, 9.17) is 74.4 Å². The normalized spacial score (nSPS) is 36.4. The maximum Gasteiger partial charge on any atom is 0.363 e. The first kappa shape index (κ1) is 19.6. The van der Waals surface area contributed by atoms with Crippen LogP contribution in [0.5, 0.6) is 0 Å². The fourth-order valence-electron chi connectivity index (χ4n) is 3.77. The maximum absolute atomic E-state index is 12.9. The van der Waals surface area contributed by atoms with Gasteiger partial charge in [-0.1, -0.05) is 64.6 Å². The van der Waals surface area contributed by atoms with Gasteiger partial charge in [0.15, 0.2) is 4.33 Å². The minimum absolute atomic E-state index is 0.137. The van der Waals surface area contributed by atoms with Crippen molar-refractivity contribution in [3.8, 4) is 0 Å². The van der Waals surface area contributed by atoms with Gasteiger partial charge in [-0.15, -0.1) is 28.3 Å². The number of imide groups is 1. The van der Waals surface area contributed by atoms with Crippen LogP contribution in [0.1, 0.15) is 10.4 Å². The SMILES string of the molecule is O=C(ON1C(=O)[C@@H]2[C@H](C1=O)[C@]1(Cl)C(Cl)=C(Cl)[C@]2(Cl)C1(Cl)Cl)c1ccccc1. The van der Waals surface area contributed by atoms with E-state index in [0.29, 0.717) is 5.06 Å². The van der Waals surface area contributed by atoms with Crippen molar-refractivity contribution in [3.05, 3.63) is 46.0 Å². The predicted molar refractivity (Wildman–Crippen MR) is 101 cm³/mol. The number of nitrogens with zero attached hydrogens (tertiary/aromatic N) is 1. The second-order valence-electron chi connectivity index (χ2n) is 6.30. The third kappa shape index (κ3) is 2.08. The summed E-state index contributed by atoms with van der Waals surface area (Å²) in [5, 5.41) is -0.115. The maximum atomic E-state index is 12.9. The molecule has 1 saturated carbocycles. The van der Waals surface area contributed by atoms with Crippen LogP contribution in [-0.4, -0.2) is 36.9 Å². The number of fused-ring (bicyclic) bond motifs is 5. The molecule has 0 radical (unpaired) electrons. The van der Waals surface area contributed by atoms with Crippen molar-refractivity contribution in [1.82, 2.24) is 5.06 Å². The lowest BCUT2D eigenvalue weighted by Gasteiger charge is -2.34. The lowest BCUT2D eigenvalue weighted by Crippen LogP contribution is -2.50. The second-order valence-corrected chi connectivity index (χ2v) is 9.57. The van der Waals surface area contributed by atoms with Gasteiger partial charge in [0.05, 0.1) is 27.5 Å². The van der Waals surface area contributed by atoms with Gasteiger partial charge in [0.2, 0.25) is 0 Å². The molecule has 2 amide bonds. The molecule has 1 aliphatic heterocycles. The van der Waals surface area contributed by atoms with Crippen LogP contribution in [0.15, 0.2) is 40.4 Å². The summed E-state index contributed by atoms with van der Waals surface area (Å²) in [6.45, 7) is 0. The monoisotopic (exact) mass is 487 g/mol. The van der Waals surface area contributed by atoms with Gasteiger partial charge in [-0.05, 0) is 12.1 Å². The summed E-state index contributed by atoms with van der Waals surface area (Å²) in [6, 6.07) is 7.80. The molecule has 2 bridgehead atoms. The van der Waals surface area contributed by atoms with Gasteiger partial charge in [-0.25, -0.2) is 4.79 Å². The molecule has 1 aromatic rings. The zero-order valence-corrected chi connectivity index (χ0v) is 17.4. The molecule has 1 aromatic carbocycles. The summed E-state index contributed by atoms with van der Waals surface area (Å²) in [7, 11) is 0. The van der Waals surface area contributed by atoms with Crippen LogP contribution < -0.4 is 0 Å². The fraction of sp³-hybridized carbons (Fsp3) is 0.312. The summed E-state index contributed by atoms with van der Waals surface area (Å²) in [4.78, 5) is 39.1. The summed E-state index contributed by atoms with van der Waals surface area (Å²) < 4.78 is -2.03. The number of carbonyl (C=O) groups excluding carboxylic acids is 3. The largest absolute Gasteiger partial charge is 0.363 e. The molecule has 0 unspecified atom stereocenters. The van der Waals surface area contributed by atoms with E-state index in [9.17, 15) is 14.4 Å². The summed E-state index contributed by atoms with van der Waals surface area (Å²) in [5.41, 5.74) is 0.137. The van der Waals surface area contributed by atoms with Crippen LogP contribution in [-0.2, 0) is 14.4 Å². The molecular formula is C16H7Cl6NO4.